The Bertz CT molecular complexity index is 468. The fraction of sp³-hybridized carbons (Fsp3) is 0.364. The Hall–Kier alpha value is -1.17. The van der Waals surface area contributed by atoms with Crippen molar-refractivity contribution in [3.8, 4) is 0 Å². The van der Waals surface area contributed by atoms with Crippen molar-refractivity contribution in [3.63, 3.8) is 0 Å². The molecular formula is C11H11F3N2S. The predicted octanol–water partition coefficient (Wildman–Crippen LogP) is 3.91. The maximum absolute atomic E-state index is 12.6. The van der Waals surface area contributed by atoms with Gasteiger partial charge in [-0.2, -0.15) is 13.2 Å². The highest BCUT2D eigenvalue weighted by atomic mass is 32.2. The average Bonchev–Trinajstić information content (AvgIpc) is 2.27. The Morgan fingerprint density at radius 2 is 2.06 bits per heavy atom. The Balaban J connectivity index is 2.42. The van der Waals surface area contributed by atoms with Gasteiger partial charge in [-0.15, -0.1) is 0 Å². The highest BCUT2D eigenvalue weighted by molar-refractivity contribution is 8.13. The lowest BCUT2D eigenvalue weighted by Crippen LogP contribution is -2.17. The monoisotopic (exact) mass is 260 g/mol. The van der Waals surface area contributed by atoms with Gasteiger partial charge >= 0.3 is 6.18 Å². The molecule has 1 aliphatic heterocycles. The Labute approximate surface area is 101 Å². The SMILES string of the molecule is CSC1=NC(C)c2ccc(C(F)(F)F)cc2N1. The molecule has 1 unspecified atom stereocenters. The van der Waals surface area contributed by atoms with E-state index in [1.807, 2.05) is 13.2 Å². The molecule has 1 aromatic rings. The van der Waals surface area contributed by atoms with E-state index in [-0.39, 0.29) is 6.04 Å². The number of halogens is 3. The van der Waals surface area contributed by atoms with Gasteiger partial charge in [-0.3, -0.25) is 4.99 Å². The standard InChI is InChI=1S/C11H11F3N2S/c1-6-8-4-3-7(11(12,13)14)5-9(8)16-10(15-6)17-2/h3-6H,1-2H3,(H,15,16). The van der Waals surface area contributed by atoms with Crippen molar-refractivity contribution in [2.75, 3.05) is 11.6 Å². The molecule has 1 atom stereocenters. The van der Waals surface area contributed by atoms with Crippen LogP contribution in [0.1, 0.15) is 24.1 Å². The molecule has 0 fully saturated rings. The molecule has 0 amide bonds. The van der Waals surface area contributed by atoms with Crippen LogP contribution in [0.25, 0.3) is 0 Å². The van der Waals surface area contributed by atoms with Gasteiger partial charge in [0.25, 0.3) is 0 Å². The summed E-state index contributed by atoms with van der Waals surface area (Å²) in [6.45, 7) is 1.86. The summed E-state index contributed by atoms with van der Waals surface area (Å²) in [5.74, 6) is 0. The normalized spacial score (nSPS) is 19.4. The van der Waals surface area contributed by atoms with Crippen LogP contribution in [0.4, 0.5) is 18.9 Å². The molecular weight excluding hydrogens is 249 g/mol. The summed E-state index contributed by atoms with van der Waals surface area (Å²) < 4.78 is 37.7. The largest absolute Gasteiger partial charge is 0.416 e. The Kier molecular flexibility index (Phi) is 3.07. The Morgan fingerprint density at radius 3 is 2.65 bits per heavy atom. The third-order valence-electron chi connectivity index (χ3n) is 2.58. The van der Waals surface area contributed by atoms with Gasteiger partial charge in [-0.25, -0.2) is 0 Å². The van der Waals surface area contributed by atoms with Crippen molar-refractivity contribution in [3.05, 3.63) is 29.3 Å². The molecule has 1 aromatic carbocycles. The average molecular weight is 260 g/mol. The third-order valence-corrected chi connectivity index (χ3v) is 3.17. The number of hydrogen-bond acceptors (Lipinski definition) is 3. The van der Waals surface area contributed by atoms with E-state index in [2.05, 4.69) is 10.3 Å². The number of aliphatic imine (C=N–C) groups is 1. The summed E-state index contributed by atoms with van der Waals surface area (Å²) in [5, 5.41) is 3.55. The first-order valence-corrected chi connectivity index (χ1v) is 6.24. The Morgan fingerprint density at radius 1 is 1.35 bits per heavy atom. The summed E-state index contributed by atoms with van der Waals surface area (Å²) in [6.07, 6.45) is -2.48. The van der Waals surface area contributed by atoms with Crippen molar-refractivity contribution >= 4 is 22.6 Å². The van der Waals surface area contributed by atoms with E-state index in [0.717, 1.165) is 17.7 Å². The van der Waals surface area contributed by atoms with Gasteiger partial charge in [-0.05, 0) is 30.9 Å². The lowest BCUT2D eigenvalue weighted by Gasteiger charge is -2.23. The number of nitrogens with one attached hydrogen (secondary N) is 1. The van der Waals surface area contributed by atoms with Crippen LogP contribution in [0.15, 0.2) is 23.2 Å². The summed E-state index contributed by atoms with van der Waals surface area (Å²) >= 11 is 1.38. The molecule has 0 aliphatic carbocycles. The zero-order valence-corrected chi connectivity index (χ0v) is 10.1. The smallest absolute Gasteiger partial charge is 0.335 e. The van der Waals surface area contributed by atoms with E-state index >= 15 is 0 Å². The molecule has 17 heavy (non-hydrogen) atoms. The number of thioether (sulfide) groups is 1. The molecule has 0 saturated carbocycles. The molecule has 1 aliphatic rings. The second-order valence-corrected chi connectivity index (χ2v) is 4.53. The summed E-state index contributed by atoms with van der Waals surface area (Å²) in [6, 6.07) is 3.60. The summed E-state index contributed by atoms with van der Waals surface area (Å²) in [5.41, 5.74) is 0.640. The van der Waals surface area contributed by atoms with E-state index in [4.69, 9.17) is 0 Å². The van der Waals surface area contributed by atoms with Crippen molar-refractivity contribution in [2.45, 2.75) is 19.1 Å². The second kappa shape index (κ2) is 4.25. The topological polar surface area (TPSA) is 24.4 Å². The molecule has 1 N–H and O–H groups in total. The number of rotatable bonds is 0. The van der Waals surface area contributed by atoms with Crippen LogP contribution in [0, 0.1) is 0 Å². The highest BCUT2D eigenvalue weighted by Crippen LogP contribution is 2.36. The highest BCUT2D eigenvalue weighted by Gasteiger charge is 2.32. The lowest BCUT2D eigenvalue weighted by molar-refractivity contribution is -0.137. The van der Waals surface area contributed by atoms with E-state index < -0.39 is 11.7 Å². The molecule has 0 aromatic heterocycles. The molecule has 2 nitrogen and oxygen atoms in total. The fourth-order valence-electron chi connectivity index (χ4n) is 1.70. The molecule has 0 radical (unpaired) electrons. The molecule has 92 valence electrons. The van der Waals surface area contributed by atoms with Gasteiger partial charge in [0.15, 0.2) is 5.17 Å². The maximum Gasteiger partial charge on any atom is 0.416 e. The van der Waals surface area contributed by atoms with Crippen molar-refractivity contribution < 1.29 is 13.2 Å². The second-order valence-electron chi connectivity index (χ2n) is 3.74. The number of benzene rings is 1. The maximum atomic E-state index is 12.6. The predicted molar refractivity (Wildman–Crippen MR) is 64.4 cm³/mol. The van der Waals surface area contributed by atoms with Gasteiger partial charge in [0.05, 0.1) is 11.6 Å². The quantitative estimate of drug-likeness (QED) is 0.764. The fourth-order valence-corrected chi connectivity index (χ4v) is 2.18. The number of anilines is 1. The van der Waals surface area contributed by atoms with E-state index in [9.17, 15) is 13.2 Å². The minimum absolute atomic E-state index is 0.115. The number of alkyl halides is 3. The van der Waals surface area contributed by atoms with Crippen molar-refractivity contribution in [1.29, 1.82) is 0 Å². The van der Waals surface area contributed by atoms with Crippen LogP contribution in [0.2, 0.25) is 0 Å². The first kappa shape index (κ1) is 12.3. The van der Waals surface area contributed by atoms with Gasteiger partial charge in [0.2, 0.25) is 0 Å². The van der Waals surface area contributed by atoms with Gasteiger partial charge in [0.1, 0.15) is 0 Å². The zero-order chi connectivity index (χ0) is 12.6. The molecule has 2 rings (SSSR count). The summed E-state index contributed by atoms with van der Waals surface area (Å²) in [7, 11) is 0. The lowest BCUT2D eigenvalue weighted by atomic mass is 10.0. The minimum Gasteiger partial charge on any atom is -0.335 e. The van der Waals surface area contributed by atoms with Crippen LogP contribution in [0.5, 0.6) is 0 Å². The van der Waals surface area contributed by atoms with Crippen LogP contribution in [0.3, 0.4) is 0 Å². The molecule has 6 heteroatoms. The number of nitrogens with zero attached hydrogens (tertiary/aromatic N) is 1. The molecule has 0 spiro atoms. The van der Waals surface area contributed by atoms with Crippen LogP contribution < -0.4 is 5.32 Å². The zero-order valence-electron chi connectivity index (χ0n) is 9.30. The van der Waals surface area contributed by atoms with E-state index in [1.165, 1.54) is 17.8 Å². The van der Waals surface area contributed by atoms with Gasteiger partial charge in [0, 0.05) is 5.69 Å². The first-order valence-electron chi connectivity index (χ1n) is 5.02. The number of hydrogen-bond donors (Lipinski definition) is 1. The number of amidine groups is 1. The molecule has 0 bridgehead atoms. The van der Waals surface area contributed by atoms with Gasteiger partial charge in [-0.1, -0.05) is 17.8 Å². The van der Waals surface area contributed by atoms with Crippen LogP contribution in [-0.4, -0.2) is 11.4 Å². The van der Waals surface area contributed by atoms with E-state index in [0.29, 0.717) is 10.9 Å². The molecule has 0 saturated heterocycles. The van der Waals surface area contributed by atoms with Crippen LogP contribution >= 0.6 is 11.8 Å². The first-order chi connectivity index (χ1) is 7.91. The van der Waals surface area contributed by atoms with Crippen LogP contribution in [-0.2, 0) is 6.18 Å². The van der Waals surface area contributed by atoms with Crippen molar-refractivity contribution in [2.24, 2.45) is 4.99 Å². The minimum atomic E-state index is -4.31. The summed E-state index contributed by atoms with van der Waals surface area (Å²) in [4.78, 5) is 4.32. The number of fused-ring (bicyclic) bond motifs is 1. The molecule has 1 heterocycles. The van der Waals surface area contributed by atoms with Gasteiger partial charge < -0.3 is 5.32 Å². The van der Waals surface area contributed by atoms with Crippen molar-refractivity contribution in [1.82, 2.24) is 0 Å². The van der Waals surface area contributed by atoms with E-state index in [1.54, 1.807) is 0 Å². The third kappa shape index (κ3) is 2.41.